The second kappa shape index (κ2) is 14.9. The Morgan fingerprint density at radius 1 is 0.492 bits per heavy atom. The molecule has 0 heterocycles. The van der Waals surface area contributed by atoms with Crippen LogP contribution in [0.2, 0.25) is 0 Å². The SMILES string of the molecule is CC1(C)c2ccccc2-c2ccc(N(c3ccc(C4CC5CCC4C5)cc3)c3cccc(-c4ccccc4C4CCCCC4)c3)c(-c3ccccc3-c3ccccc3)c21. The van der Waals surface area contributed by atoms with Gasteiger partial charge in [-0.2, -0.15) is 0 Å². The molecule has 0 spiro atoms. The highest BCUT2D eigenvalue weighted by Crippen LogP contribution is 2.58. The molecule has 0 N–H and O–H groups in total. The first-order chi connectivity index (χ1) is 29.0. The highest BCUT2D eigenvalue weighted by Gasteiger charge is 2.41. The molecule has 4 aliphatic carbocycles. The fraction of sp³-hybridized carbons (Fsp3) is 0.276. The molecule has 0 saturated heterocycles. The van der Waals surface area contributed by atoms with E-state index < -0.39 is 0 Å². The molecule has 1 nitrogen and oxygen atoms in total. The summed E-state index contributed by atoms with van der Waals surface area (Å²) in [6, 6.07) is 62.6. The molecule has 0 amide bonds. The summed E-state index contributed by atoms with van der Waals surface area (Å²) in [4.78, 5) is 2.59. The van der Waals surface area contributed by atoms with Crippen molar-refractivity contribution < 1.29 is 0 Å². The van der Waals surface area contributed by atoms with Gasteiger partial charge in [0.25, 0.3) is 0 Å². The lowest BCUT2D eigenvalue weighted by Crippen LogP contribution is -2.19. The lowest BCUT2D eigenvalue weighted by atomic mass is 9.77. The third-order valence-corrected chi connectivity index (χ3v) is 15.0. The summed E-state index contributed by atoms with van der Waals surface area (Å²) < 4.78 is 0. The van der Waals surface area contributed by atoms with Crippen molar-refractivity contribution in [2.24, 2.45) is 11.8 Å². The fourth-order valence-corrected chi connectivity index (χ4v) is 12.2. The van der Waals surface area contributed by atoms with Crippen LogP contribution < -0.4 is 4.90 Å². The van der Waals surface area contributed by atoms with Crippen LogP contribution in [0.4, 0.5) is 17.1 Å². The molecule has 3 saturated carbocycles. The topological polar surface area (TPSA) is 3.24 Å². The number of benzene rings is 7. The number of hydrogen-bond acceptors (Lipinski definition) is 1. The van der Waals surface area contributed by atoms with E-state index in [0.29, 0.717) is 11.8 Å². The number of nitrogens with zero attached hydrogens (tertiary/aromatic N) is 1. The standard InChI is InChI=1S/C58H55N/c1-58(2)54-27-14-13-25-50(54)52-34-35-55(56(57(52)58)51-26-12-11-23-48(51)41-18-7-4-8-19-41)59(45-32-30-42(31-33-45)53-37-39-28-29-44(53)36-39)46-21-15-20-43(38-46)49-24-10-9-22-47(49)40-16-5-3-6-17-40/h4,7-15,18-27,30-35,38-40,44,53H,3,5-6,16-17,28-29,36-37H2,1-2H3. The summed E-state index contributed by atoms with van der Waals surface area (Å²) in [7, 11) is 0. The summed E-state index contributed by atoms with van der Waals surface area (Å²) in [6.45, 7) is 4.88. The minimum absolute atomic E-state index is 0.209. The number of hydrogen-bond donors (Lipinski definition) is 0. The third-order valence-electron chi connectivity index (χ3n) is 15.0. The second-order valence-corrected chi connectivity index (χ2v) is 18.6. The molecule has 59 heavy (non-hydrogen) atoms. The highest BCUT2D eigenvalue weighted by molar-refractivity contribution is 6.01. The highest BCUT2D eigenvalue weighted by atomic mass is 15.1. The Labute approximate surface area is 351 Å². The van der Waals surface area contributed by atoms with Gasteiger partial charge in [0.1, 0.15) is 0 Å². The summed E-state index contributed by atoms with van der Waals surface area (Å²) in [6.07, 6.45) is 12.2. The molecular weight excluding hydrogens is 711 g/mol. The van der Waals surface area contributed by atoms with Crippen molar-refractivity contribution in [3.05, 3.63) is 186 Å². The van der Waals surface area contributed by atoms with Crippen LogP contribution in [0.1, 0.15) is 106 Å². The summed E-state index contributed by atoms with van der Waals surface area (Å²) in [5.74, 6) is 3.10. The minimum atomic E-state index is -0.209. The van der Waals surface area contributed by atoms with Gasteiger partial charge in [0, 0.05) is 22.4 Å². The maximum absolute atomic E-state index is 2.59. The first-order valence-corrected chi connectivity index (χ1v) is 22.5. The molecule has 3 fully saturated rings. The Kier molecular flexibility index (Phi) is 9.18. The summed E-state index contributed by atoms with van der Waals surface area (Å²) >= 11 is 0. The van der Waals surface area contributed by atoms with Gasteiger partial charge in [-0.15, -0.1) is 0 Å². The van der Waals surface area contributed by atoms with Crippen LogP contribution >= 0.6 is 0 Å². The zero-order chi connectivity index (χ0) is 39.5. The summed E-state index contributed by atoms with van der Waals surface area (Å²) in [5.41, 5.74) is 19.7. The van der Waals surface area contributed by atoms with E-state index in [2.05, 4.69) is 183 Å². The van der Waals surface area contributed by atoms with E-state index in [1.165, 1.54) is 142 Å². The van der Waals surface area contributed by atoms with Gasteiger partial charge in [-0.1, -0.05) is 173 Å². The molecule has 0 aliphatic heterocycles. The summed E-state index contributed by atoms with van der Waals surface area (Å²) in [5, 5.41) is 0. The maximum Gasteiger partial charge on any atom is 0.0543 e. The monoisotopic (exact) mass is 765 g/mol. The van der Waals surface area contributed by atoms with Crippen LogP contribution in [0, 0.1) is 11.8 Å². The van der Waals surface area contributed by atoms with Gasteiger partial charge < -0.3 is 4.90 Å². The molecule has 3 atom stereocenters. The van der Waals surface area contributed by atoms with Gasteiger partial charge in [-0.3, -0.25) is 0 Å². The second-order valence-electron chi connectivity index (χ2n) is 18.6. The molecule has 7 aromatic carbocycles. The van der Waals surface area contributed by atoms with Crippen molar-refractivity contribution in [3.63, 3.8) is 0 Å². The van der Waals surface area contributed by atoms with Crippen LogP contribution in [0.3, 0.4) is 0 Å². The van der Waals surface area contributed by atoms with Gasteiger partial charge in [-0.05, 0) is 147 Å². The molecule has 11 rings (SSSR count). The van der Waals surface area contributed by atoms with E-state index in [0.717, 1.165) is 11.8 Å². The fourth-order valence-electron chi connectivity index (χ4n) is 12.2. The molecule has 0 aromatic heterocycles. The van der Waals surface area contributed by atoms with Crippen LogP contribution in [0.15, 0.2) is 164 Å². The van der Waals surface area contributed by atoms with Crippen molar-refractivity contribution in [2.45, 2.75) is 88.9 Å². The number of rotatable bonds is 8. The lowest BCUT2D eigenvalue weighted by Gasteiger charge is -2.33. The van der Waals surface area contributed by atoms with Gasteiger partial charge >= 0.3 is 0 Å². The predicted octanol–water partition coefficient (Wildman–Crippen LogP) is 16.4. The third kappa shape index (κ3) is 6.28. The zero-order valence-electron chi connectivity index (χ0n) is 34.7. The number of anilines is 3. The smallest absolute Gasteiger partial charge is 0.0543 e. The van der Waals surface area contributed by atoms with Crippen LogP contribution in [-0.2, 0) is 5.41 Å². The first-order valence-electron chi connectivity index (χ1n) is 22.5. The van der Waals surface area contributed by atoms with E-state index in [9.17, 15) is 0 Å². The van der Waals surface area contributed by atoms with Crippen molar-refractivity contribution in [1.29, 1.82) is 0 Å². The normalized spacial score (nSPS) is 20.3. The largest absolute Gasteiger partial charge is 0.310 e. The van der Waals surface area contributed by atoms with Crippen LogP contribution in [0.5, 0.6) is 0 Å². The van der Waals surface area contributed by atoms with Crippen molar-refractivity contribution in [2.75, 3.05) is 4.90 Å². The lowest BCUT2D eigenvalue weighted by molar-refractivity contribution is 0.420. The van der Waals surface area contributed by atoms with Crippen LogP contribution in [-0.4, -0.2) is 0 Å². The average Bonchev–Trinajstić information content (AvgIpc) is 4.00. The molecule has 4 aliphatic rings. The van der Waals surface area contributed by atoms with Gasteiger partial charge in [0.05, 0.1) is 5.69 Å². The Balaban J connectivity index is 1.15. The molecule has 7 aromatic rings. The molecular formula is C58H55N. The Hall–Kier alpha value is -5.66. The van der Waals surface area contributed by atoms with Gasteiger partial charge in [0.15, 0.2) is 0 Å². The Morgan fingerprint density at radius 2 is 1.19 bits per heavy atom. The minimum Gasteiger partial charge on any atom is -0.310 e. The quantitative estimate of drug-likeness (QED) is 0.149. The molecule has 2 bridgehead atoms. The van der Waals surface area contributed by atoms with Gasteiger partial charge in [-0.25, -0.2) is 0 Å². The zero-order valence-corrected chi connectivity index (χ0v) is 34.7. The molecule has 1 heteroatoms. The molecule has 292 valence electrons. The molecule has 3 unspecified atom stereocenters. The van der Waals surface area contributed by atoms with Crippen molar-refractivity contribution >= 4 is 17.1 Å². The van der Waals surface area contributed by atoms with Crippen molar-refractivity contribution in [1.82, 2.24) is 0 Å². The van der Waals surface area contributed by atoms with E-state index in [1.807, 2.05) is 0 Å². The van der Waals surface area contributed by atoms with Crippen molar-refractivity contribution in [3.8, 4) is 44.5 Å². The van der Waals surface area contributed by atoms with Crippen LogP contribution in [0.25, 0.3) is 44.5 Å². The number of fused-ring (bicyclic) bond motifs is 5. The average molecular weight is 766 g/mol. The van der Waals surface area contributed by atoms with E-state index >= 15 is 0 Å². The van der Waals surface area contributed by atoms with E-state index in [-0.39, 0.29) is 5.41 Å². The Morgan fingerprint density at radius 3 is 1.95 bits per heavy atom. The Bertz CT molecular complexity index is 2640. The van der Waals surface area contributed by atoms with Gasteiger partial charge in [0.2, 0.25) is 0 Å². The first kappa shape index (κ1) is 36.4. The molecule has 0 radical (unpaired) electrons. The van der Waals surface area contributed by atoms with E-state index in [1.54, 1.807) is 0 Å². The predicted molar refractivity (Wildman–Crippen MR) is 249 cm³/mol. The maximum atomic E-state index is 2.59. The van der Waals surface area contributed by atoms with E-state index in [4.69, 9.17) is 0 Å².